The van der Waals surface area contributed by atoms with Crippen LogP contribution >= 0.6 is 0 Å². The number of anilines is 2. The van der Waals surface area contributed by atoms with Crippen LogP contribution in [0.2, 0.25) is 0 Å². The van der Waals surface area contributed by atoms with Gasteiger partial charge in [-0.15, -0.1) is 0 Å². The molecule has 27 heavy (non-hydrogen) atoms. The van der Waals surface area contributed by atoms with Gasteiger partial charge in [-0.3, -0.25) is 14.9 Å². The molecule has 0 heterocycles. The number of amides is 1. The molecule has 0 radical (unpaired) electrons. The highest BCUT2D eigenvalue weighted by molar-refractivity contribution is 5.97. The Morgan fingerprint density at radius 3 is 2.48 bits per heavy atom. The topological polar surface area (TPSA) is 127 Å². The van der Waals surface area contributed by atoms with Gasteiger partial charge in [0, 0.05) is 18.2 Å². The lowest BCUT2D eigenvalue weighted by atomic mass is 10.1. The summed E-state index contributed by atoms with van der Waals surface area (Å²) in [6, 6.07) is 9.95. The third-order valence-corrected chi connectivity index (χ3v) is 3.77. The third-order valence-electron chi connectivity index (χ3n) is 3.77. The third kappa shape index (κ3) is 4.64. The van der Waals surface area contributed by atoms with E-state index in [9.17, 15) is 14.9 Å². The highest BCUT2D eigenvalue weighted by atomic mass is 16.6. The zero-order valence-corrected chi connectivity index (χ0v) is 15.0. The van der Waals surface area contributed by atoms with Crippen molar-refractivity contribution in [2.24, 2.45) is 0 Å². The second kappa shape index (κ2) is 8.53. The number of hydrogen-bond acceptors (Lipinski definition) is 7. The van der Waals surface area contributed by atoms with Crippen molar-refractivity contribution < 1.29 is 19.2 Å². The van der Waals surface area contributed by atoms with Gasteiger partial charge in [-0.1, -0.05) is 0 Å². The molecule has 140 valence electrons. The maximum absolute atomic E-state index is 12.4. The number of rotatable bonds is 7. The first kappa shape index (κ1) is 19.5. The number of benzene rings is 2. The average molecular weight is 370 g/mol. The Kier molecular flexibility index (Phi) is 6.17. The molecular formula is C18H18N4O5. The smallest absolute Gasteiger partial charge is 0.270 e. The van der Waals surface area contributed by atoms with E-state index in [-0.39, 0.29) is 16.9 Å². The van der Waals surface area contributed by atoms with Gasteiger partial charge < -0.3 is 20.1 Å². The van der Waals surface area contributed by atoms with E-state index in [0.29, 0.717) is 17.2 Å². The molecule has 2 aromatic carbocycles. The van der Waals surface area contributed by atoms with Crippen LogP contribution in [0.15, 0.2) is 36.4 Å². The van der Waals surface area contributed by atoms with Crippen LogP contribution in [0.25, 0.3) is 0 Å². The molecule has 0 fully saturated rings. The van der Waals surface area contributed by atoms with Crippen LogP contribution in [0, 0.1) is 21.4 Å². The van der Waals surface area contributed by atoms with Crippen molar-refractivity contribution in [3.05, 3.63) is 52.1 Å². The van der Waals surface area contributed by atoms with E-state index < -0.39 is 16.9 Å². The van der Waals surface area contributed by atoms with Gasteiger partial charge in [0.2, 0.25) is 5.91 Å². The summed E-state index contributed by atoms with van der Waals surface area (Å²) in [6.07, 6.45) is 0. The molecule has 0 saturated heterocycles. The van der Waals surface area contributed by atoms with Crippen molar-refractivity contribution in [1.29, 1.82) is 5.26 Å². The fourth-order valence-electron chi connectivity index (χ4n) is 2.30. The number of carbonyl (C=O) groups excluding carboxylic acids is 1. The number of nitro groups is 1. The van der Waals surface area contributed by atoms with Crippen LogP contribution in [0.4, 0.5) is 17.1 Å². The minimum absolute atomic E-state index is 0.00628. The normalized spacial score (nSPS) is 11.0. The van der Waals surface area contributed by atoms with E-state index in [4.69, 9.17) is 14.7 Å². The van der Waals surface area contributed by atoms with E-state index in [1.165, 1.54) is 26.4 Å². The van der Waals surface area contributed by atoms with Crippen molar-refractivity contribution in [2.45, 2.75) is 13.0 Å². The SMILES string of the molecule is COc1ccc(NC(C)C(=O)Nc2ccc([N+](=O)[O-])cc2C#N)c(OC)c1. The first-order chi connectivity index (χ1) is 12.9. The molecule has 9 heteroatoms. The average Bonchev–Trinajstić information content (AvgIpc) is 2.68. The van der Waals surface area contributed by atoms with E-state index in [1.807, 2.05) is 6.07 Å². The molecule has 0 spiro atoms. The summed E-state index contributed by atoms with van der Waals surface area (Å²) in [5, 5.41) is 25.6. The van der Waals surface area contributed by atoms with Crippen molar-refractivity contribution in [3.63, 3.8) is 0 Å². The number of nitrogens with one attached hydrogen (secondary N) is 2. The fourth-order valence-corrected chi connectivity index (χ4v) is 2.30. The number of nitrogens with zero attached hydrogens (tertiary/aromatic N) is 2. The summed E-state index contributed by atoms with van der Waals surface area (Å²) in [4.78, 5) is 22.6. The molecule has 1 atom stereocenters. The van der Waals surface area contributed by atoms with Gasteiger partial charge in [0.1, 0.15) is 23.6 Å². The highest BCUT2D eigenvalue weighted by Gasteiger charge is 2.18. The Bertz CT molecular complexity index is 907. The number of non-ortho nitro benzene ring substituents is 1. The van der Waals surface area contributed by atoms with Crippen molar-refractivity contribution >= 4 is 23.0 Å². The van der Waals surface area contributed by atoms with Crippen LogP contribution in [-0.4, -0.2) is 31.1 Å². The number of hydrogen-bond donors (Lipinski definition) is 2. The molecule has 0 aromatic heterocycles. The lowest BCUT2D eigenvalue weighted by Crippen LogP contribution is -2.32. The predicted molar refractivity (Wildman–Crippen MR) is 99.1 cm³/mol. The molecular weight excluding hydrogens is 352 g/mol. The Hall–Kier alpha value is -3.80. The zero-order valence-electron chi connectivity index (χ0n) is 15.0. The number of methoxy groups -OCH3 is 2. The maximum Gasteiger partial charge on any atom is 0.270 e. The Labute approximate surface area is 155 Å². The summed E-state index contributed by atoms with van der Waals surface area (Å²) in [5.41, 5.74) is 0.569. The van der Waals surface area contributed by atoms with E-state index in [2.05, 4.69) is 10.6 Å². The first-order valence-corrected chi connectivity index (χ1v) is 7.87. The van der Waals surface area contributed by atoms with E-state index >= 15 is 0 Å². The van der Waals surface area contributed by atoms with Crippen LogP contribution < -0.4 is 20.1 Å². The second-order valence-corrected chi connectivity index (χ2v) is 5.52. The summed E-state index contributed by atoms with van der Waals surface area (Å²) in [7, 11) is 3.04. The van der Waals surface area contributed by atoms with Gasteiger partial charge in [-0.25, -0.2) is 0 Å². The van der Waals surface area contributed by atoms with Crippen molar-refractivity contribution in [3.8, 4) is 17.6 Å². The summed E-state index contributed by atoms with van der Waals surface area (Å²) < 4.78 is 10.4. The summed E-state index contributed by atoms with van der Waals surface area (Å²) in [6.45, 7) is 1.64. The highest BCUT2D eigenvalue weighted by Crippen LogP contribution is 2.29. The Morgan fingerprint density at radius 1 is 1.19 bits per heavy atom. The zero-order chi connectivity index (χ0) is 20.0. The van der Waals surface area contributed by atoms with Gasteiger partial charge in [0.05, 0.1) is 36.1 Å². The van der Waals surface area contributed by atoms with Crippen LogP contribution in [-0.2, 0) is 4.79 Å². The molecule has 2 rings (SSSR count). The van der Waals surface area contributed by atoms with Crippen molar-refractivity contribution in [1.82, 2.24) is 0 Å². The Morgan fingerprint density at radius 2 is 1.89 bits per heavy atom. The number of ether oxygens (including phenoxy) is 2. The second-order valence-electron chi connectivity index (χ2n) is 5.52. The molecule has 0 aliphatic heterocycles. The van der Waals surface area contributed by atoms with Crippen LogP contribution in [0.5, 0.6) is 11.5 Å². The number of carbonyl (C=O) groups is 1. The van der Waals surface area contributed by atoms with Crippen molar-refractivity contribution in [2.75, 3.05) is 24.9 Å². The lowest BCUT2D eigenvalue weighted by molar-refractivity contribution is -0.384. The summed E-state index contributed by atoms with van der Waals surface area (Å²) in [5.74, 6) is 0.694. The molecule has 2 aromatic rings. The molecule has 2 N–H and O–H groups in total. The fraction of sp³-hybridized carbons (Fsp3) is 0.222. The monoisotopic (exact) mass is 370 g/mol. The van der Waals surface area contributed by atoms with Gasteiger partial charge >= 0.3 is 0 Å². The number of nitriles is 1. The number of nitro benzene ring substituents is 1. The van der Waals surface area contributed by atoms with Gasteiger partial charge in [0.15, 0.2) is 0 Å². The van der Waals surface area contributed by atoms with Crippen LogP contribution in [0.3, 0.4) is 0 Å². The molecule has 0 saturated carbocycles. The largest absolute Gasteiger partial charge is 0.497 e. The quantitative estimate of drug-likeness (QED) is 0.566. The molecule has 1 unspecified atom stereocenters. The van der Waals surface area contributed by atoms with E-state index in [0.717, 1.165) is 6.07 Å². The minimum Gasteiger partial charge on any atom is -0.497 e. The minimum atomic E-state index is -0.672. The van der Waals surface area contributed by atoms with Crippen LogP contribution in [0.1, 0.15) is 12.5 Å². The summed E-state index contributed by atoms with van der Waals surface area (Å²) >= 11 is 0. The van der Waals surface area contributed by atoms with Gasteiger partial charge in [0.25, 0.3) is 5.69 Å². The molecule has 0 bridgehead atoms. The standard InChI is InChI=1S/C18H18N4O5/c1-11(20-16-7-5-14(26-2)9-17(16)27-3)18(23)21-15-6-4-13(22(24)25)8-12(15)10-19/h4-9,11,20H,1-3H3,(H,21,23). The molecule has 0 aliphatic rings. The molecule has 9 nitrogen and oxygen atoms in total. The lowest BCUT2D eigenvalue weighted by Gasteiger charge is -2.18. The van der Waals surface area contributed by atoms with Gasteiger partial charge in [-0.05, 0) is 25.1 Å². The maximum atomic E-state index is 12.4. The van der Waals surface area contributed by atoms with Gasteiger partial charge in [-0.2, -0.15) is 5.26 Å². The molecule has 0 aliphatic carbocycles. The van der Waals surface area contributed by atoms with E-state index in [1.54, 1.807) is 25.1 Å². The molecule has 1 amide bonds. The Balaban J connectivity index is 2.15. The first-order valence-electron chi connectivity index (χ1n) is 7.87. The predicted octanol–water partition coefficient (Wildman–Crippen LogP) is 2.92.